The van der Waals surface area contributed by atoms with Gasteiger partial charge in [0.25, 0.3) is 11.8 Å². The van der Waals surface area contributed by atoms with E-state index in [1.54, 1.807) is 19.1 Å². The third-order valence-corrected chi connectivity index (χ3v) is 5.95. The third kappa shape index (κ3) is 5.56. The van der Waals surface area contributed by atoms with Gasteiger partial charge in [0.2, 0.25) is 5.78 Å². The molecular formula is C27H27FN4O4. The molecule has 1 heterocycles. The Morgan fingerprint density at radius 3 is 2.50 bits per heavy atom. The molecule has 0 bridgehead atoms. The van der Waals surface area contributed by atoms with Gasteiger partial charge in [-0.25, -0.2) is 9.40 Å². The molecule has 0 saturated heterocycles. The minimum Gasteiger partial charge on any atom is -0.434 e. The first kappa shape index (κ1) is 25.0. The van der Waals surface area contributed by atoms with E-state index in [0.29, 0.717) is 11.3 Å². The molecule has 1 aliphatic carbocycles. The van der Waals surface area contributed by atoms with Gasteiger partial charge >= 0.3 is 5.91 Å². The Bertz CT molecular complexity index is 1350. The van der Waals surface area contributed by atoms with Crippen molar-refractivity contribution in [1.82, 2.24) is 20.6 Å². The fourth-order valence-corrected chi connectivity index (χ4v) is 3.86. The van der Waals surface area contributed by atoms with Crippen molar-refractivity contribution in [3.8, 4) is 11.6 Å². The first-order valence-electron chi connectivity index (χ1n) is 11.6. The van der Waals surface area contributed by atoms with Gasteiger partial charge in [-0.05, 0) is 68.4 Å². The quantitative estimate of drug-likeness (QED) is 0.387. The predicted molar refractivity (Wildman–Crippen MR) is 130 cm³/mol. The van der Waals surface area contributed by atoms with Gasteiger partial charge in [-0.1, -0.05) is 35.9 Å². The molecule has 1 aromatic heterocycles. The Labute approximate surface area is 208 Å². The van der Waals surface area contributed by atoms with Crippen molar-refractivity contribution in [3.05, 3.63) is 81.8 Å². The number of nitrogens with one attached hydrogen (secondary N) is 1. The standard InChI is InChI=1S/C27H27FN4O4/c1-15-8-9-20(16(2)12-15)14-32(27(35)18(4)33)31-25(34)22-13-17(3)29-30-26(22)36-23-7-5-6-21(24(23)28)19-10-11-19/h5-9,12-13,19H,10-11,14H2,1-4H3,(H,31,34). The highest BCUT2D eigenvalue weighted by atomic mass is 19.1. The first-order chi connectivity index (χ1) is 17.1. The number of hydrogen-bond donors (Lipinski definition) is 1. The van der Waals surface area contributed by atoms with Gasteiger partial charge < -0.3 is 4.74 Å². The molecule has 0 aliphatic heterocycles. The van der Waals surface area contributed by atoms with Crippen molar-refractivity contribution in [1.29, 1.82) is 0 Å². The van der Waals surface area contributed by atoms with E-state index in [9.17, 15) is 14.4 Å². The van der Waals surface area contributed by atoms with Gasteiger partial charge in [-0.3, -0.25) is 19.8 Å². The van der Waals surface area contributed by atoms with Crippen LogP contribution in [0, 0.1) is 26.6 Å². The number of ketones is 1. The average Bonchev–Trinajstić information content (AvgIpc) is 3.67. The molecule has 1 aliphatic rings. The highest BCUT2D eigenvalue weighted by Crippen LogP contribution is 2.43. The van der Waals surface area contributed by atoms with E-state index in [0.717, 1.165) is 41.5 Å². The Hall–Kier alpha value is -4.14. The second kappa shape index (κ2) is 10.2. The van der Waals surface area contributed by atoms with E-state index >= 15 is 4.39 Å². The van der Waals surface area contributed by atoms with Gasteiger partial charge in [0.15, 0.2) is 11.6 Å². The number of aromatic nitrogens is 2. The highest BCUT2D eigenvalue weighted by molar-refractivity contribution is 6.35. The molecule has 8 nitrogen and oxygen atoms in total. The molecule has 0 atom stereocenters. The van der Waals surface area contributed by atoms with Crippen molar-refractivity contribution in [2.45, 2.75) is 53.0 Å². The summed E-state index contributed by atoms with van der Waals surface area (Å²) < 4.78 is 20.7. The van der Waals surface area contributed by atoms with Gasteiger partial charge in [0.1, 0.15) is 5.56 Å². The van der Waals surface area contributed by atoms with E-state index in [1.165, 1.54) is 12.1 Å². The maximum absolute atomic E-state index is 15.0. The fourth-order valence-electron chi connectivity index (χ4n) is 3.86. The third-order valence-electron chi connectivity index (χ3n) is 5.95. The number of nitrogens with zero attached hydrogens (tertiary/aromatic N) is 3. The molecule has 2 aromatic carbocycles. The Morgan fingerprint density at radius 2 is 1.83 bits per heavy atom. The molecule has 36 heavy (non-hydrogen) atoms. The molecule has 0 unspecified atom stereocenters. The minimum atomic E-state index is -0.882. The van der Waals surface area contributed by atoms with Crippen LogP contribution in [-0.4, -0.2) is 32.8 Å². The van der Waals surface area contributed by atoms with Crippen molar-refractivity contribution >= 4 is 17.6 Å². The summed E-state index contributed by atoms with van der Waals surface area (Å²) in [6.45, 7) is 6.57. The zero-order valence-electron chi connectivity index (χ0n) is 20.6. The summed E-state index contributed by atoms with van der Waals surface area (Å²) in [5.41, 5.74) is 6.12. The number of aryl methyl sites for hydroxylation is 3. The lowest BCUT2D eigenvalue weighted by Crippen LogP contribution is -2.48. The normalized spacial score (nSPS) is 12.7. The molecule has 1 fully saturated rings. The van der Waals surface area contributed by atoms with Crippen LogP contribution in [0.3, 0.4) is 0 Å². The van der Waals surface area contributed by atoms with Gasteiger partial charge in [0.05, 0.1) is 12.2 Å². The monoisotopic (exact) mass is 490 g/mol. The molecule has 3 aromatic rings. The lowest BCUT2D eigenvalue weighted by atomic mass is 10.1. The largest absolute Gasteiger partial charge is 0.434 e. The summed E-state index contributed by atoms with van der Waals surface area (Å²) in [7, 11) is 0. The summed E-state index contributed by atoms with van der Waals surface area (Å²) in [5, 5.41) is 8.84. The average molecular weight is 491 g/mol. The molecule has 186 valence electrons. The molecule has 4 rings (SSSR count). The van der Waals surface area contributed by atoms with Gasteiger partial charge in [-0.2, -0.15) is 5.10 Å². The van der Waals surface area contributed by atoms with E-state index in [-0.39, 0.29) is 29.7 Å². The molecule has 0 spiro atoms. The van der Waals surface area contributed by atoms with Crippen LogP contribution in [0.15, 0.2) is 42.5 Å². The summed E-state index contributed by atoms with van der Waals surface area (Å²) in [6.07, 6.45) is 1.83. The van der Waals surface area contributed by atoms with Crippen LogP contribution in [0.1, 0.15) is 64.0 Å². The van der Waals surface area contributed by atoms with Gasteiger partial charge in [0, 0.05) is 6.92 Å². The summed E-state index contributed by atoms with van der Waals surface area (Å²) >= 11 is 0. The smallest absolute Gasteiger partial charge is 0.308 e. The van der Waals surface area contributed by atoms with E-state index in [1.807, 2.05) is 32.0 Å². The molecule has 9 heteroatoms. The Balaban J connectivity index is 1.62. The topological polar surface area (TPSA) is 101 Å². The number of hydrogen-bond acceptors (Lipinski definition) is 6. The highest BCUT2D eigenvalue weighted by Gasteiger charge is 2.29. The zero-order chi connectivity index (χ0) is 26.0. The number of halogens is 1. The second-order valence-electron chi connectivity index (χ2n) is 9.06. The lowest BCUT2D eigenvalue weighted by molar-refractivity contribution is -0.145. The summed E-state index contributed by atoms with van der Waals surface area (Å²) in [5.74, 6) is -2.99. The SMILES string of the molecule is CC(=O)C(=O)N(Cc1ccc(C)cc1C)NC(=O)c1cc(C)nnc1Oc1cccc(C2CC2)c1F. The van der Waals surface area contributed by atoms with Crippen LogP contribution in [0.25, 0.3) is 0 Å². The van der Waals surface area contributed by atoms with Crippen LogP contribution >= 0.6 is 0 Å². The fraction of sp³-hybridized carbons (Fsp3) is 0.296. The number of carbonyl (C=O) groups excluding carboxylic acids is 3. The van der Waals surface area contributed by atoms with E-state index in [2.05, 4.69) is 15.6 Å². The number of benzene rings is 2. The minimum absolute atomic E-state index is 0.0258. The molecular weight excluding hydrogens is 463 g/mol. The number of Topliss-reactive ketones (excluding diaryl/α,β-unsaturated/α-hetero) is 1. The number of ether oxygens (including phenoxy) is 1. The number of amides is 2. The van der Waals surface area contributed by atoms with Crippen molar-refractivity contribution in [2.24, 2.45) is 0 Å². The van der Waals surface area contributed by atoms with Crippen molar-refractivity contribution in [3.63, 3.8) is 0 Å². The van der Waals surface area contributed by atoms with Crippen LogP contribution in [0.4, 0.5) is 4.39 Å². The van der Waals surface area contributed by atoms with Crippen LogP contribution < -0.4 is 10.2 Å². The number of hydrazine groups is 1. The Morgan fingerprint density at radius 1 is 1.08 bits per heavy atom. The maximum atomic E-state index is 15.0. The first-order valence-corrected chi connectivity index (χ1v) is 11.6. The Kier molecular flexibility index (Phi) is 7.10. The number of carbonyl (C=O) groups is 3. The van der Waals surface area contributed by atoms with Crippen LogP contribution in [0.2, 0.25) is 0 Å². The van der Waals surface area contributed by atoms with E-state index < -0.39 is 23.4 Å². The zero-order valence-corrected chi connectivity index (χ0v) is 20.6. The van der Waals surface area contributed by atoms with Crippen LogP contribution in [0.5, 0.6) is 11.6 Å². The number of rotatable bonds is 7. The van der Waals surface area contributed by atoms with Gasteiger partial charge in [-0.15, -0.1) is 5.10 Å². The predicted octanol–water partition coefficient (Wildman–Crippen LogP) is 4.47. The molecule has 0 radical (unpaired) electrons. The van der Waals surface area contributed by atoms with Crippen molar-refractivity contribution in [2.75, 3.05) is 0 Å². The molecule has 1 N–H and O–H groups in total. The summed E-state index contributed by atoms with van der Waals surface area (Å²) in [4.78, 5) is 37.8. The second-order valence-corrected chi connectivity index (χ2v) is 9.06. The summed E-state index contributed by atoms with van der Waals surface area (Å²) in [6, 6.07) is 11.9. The van der Waals surface area contributed by atoms with Crippen molar-refractivity contribution < 1.29 is 23.5 Å². The lowest BCUT2D eigenvalue weighted by Gasteiger charge is -2.23. The van der Waals surface area contributed by atoms with E-state index in [4.69, 9.17) is 4.74 Å². The molecule has 2 amide bonds. The maximum Gasteiger partial charge on any atom is 0.308 e. The van der Waals surface area contributed by atoms with Crippen LogP contribution in [-0.2, 0) is 16.1 Å². The molecule has 1 saturated carbocycles.